The highest BCUT2D eigenvalue weighted by atomic mass is 16.2. The third kappa shape index (κ3) is 4.44. The van der Waals surface area contributed by atoms with Gasteiger partial charge in [0.05, 0.1) is 11.8 Å². The van der Waals surface area contributed by atoms with E-state index in [9.17, 15) is 9.59 Å². The molecule has 2 aromatic rings. The zero-order valence-electron chi connectivity index (χ0n) is 14.5. The summed E-state index contributed by atoms with van der Waals surface area (Å²) in [6, 6.07) is 11.6. The predicted molar refractivity (Wildman–Crippen MR) is 96.8 cm³/mol. The highest BCUT2D eigenvalue weighted by Gasteiger charge is 2.47. The molecule has 0 radical (unpaired) electrons. The summed E-state index contributed by atoms with van der Waals surface area (Å²) in [6.45, 7) is 4.70. The van der Waals surface area contributed by atoms with Gasteiger partial charge in [-0.05, 0) is 41.7 Å². The van der Waals surface area contributed by atoms with Crippen molar-refractivity contribution in [3.63, 3.8) is 0 Å². The van der Waals surface area contributed by atoms with Crippen LogP contribution in [-0.4, -0.2) is 16.8 Å². The van der Waals surface area contributed by atoms with Crippen LogP contribution >= 0.6 is 0 Å². The minimum absolute atomic E-state index is 0.0702. The van der Waals surface area contributed by atoms with Crippen LogP contribution in [0.15, 0.2) is 48.8 Å². The zero-order valence-corrected chi connectivity index (χ0v) is 14.5. The van der Waals surface area contributed by atoms with E-state index in [2.05, 4.69) is 29.5 Å². The van der Waals surface area contributed by atoms with Crippen molar-refractivity contribution >= 4 is 17.5 Å². The largest absolute Gasteiger partial charge is 0.352 e. The van der Waals surface area contributed by atoms with E-state index in [4.69, 9.17) is 0 Å². The number of rotatable bonds is 6. The first kappa shape index (κ1) is 17.1. The number of aromatic nitrogens is 1. The number of hydrogen-bond donors (Lipinski definition) is 2. The Morgan fingerprint density at radius 3 is 2.48 bits per heavy atom. The molecule has 1 fully saturated rings. The van der Waals surface area contributed by atoms with Gasteiger partial charge in [0.2, 0.25) is 11.8 Å². The summed E-state index contributed by atoms with van der Waals surface area (Å²) in [5.74, 6) is -0.163. The first-order chi connectivity index (χ1) is 12.0. The second kappa shape index (κ2) is 7.47. The second-order valence-electron chi connectivity index (χ2n) is 6.79. The second-order valence-corrected chi connectivity index (χ2v) is 6.79. The standard InChI is InChI=1S/C20H23N3O2/c1-13(2)15-5-7-16(8-6-15)23-20(25)18-10-17(18)19(24)22-12-14-4-3-9-21-11-14/h3-9,11,13,17-18H,10,12H2,1-2H3,(H,22,24)(H,23,25). The number of carbonyl (C=O) groups excluding carboxylic acids is 2. The van der Waals surface area contributed by atoms with Gasteiger partial charge >= 0.3 is 0 Å². The number of pyridine rings is 1. The van der Waals surface area contributed by atoms with Crippen molar-refractivity contribution < 1.29 is 9.59 Å². The van der Waals surface area contributed by atoms with Gasteiger partial charge < -0.3 is 10.6 Å². The van der Waals surface area contributed by atoms with Gasteiger partial charge in [0, 0.05) is 24.6 Å². The Morgan fingerprint density at radius 1 is 1.12 bits per heavy atom. The van der Waals surface area contributed by atoms with Crippen molar-refractivity contribution in [3.8, 4) is 0 Å². The molecule has 5 nitrogen and oxygen atoms in total. The lowest BCUT2D eigenvalue weighted by Crippen LogP contribution is -2.27. The number of nitrogens with one attached hydrogen (secondary N) is 2. The fraction of sp³-hybridized carbons (Fsp3) is 0.350. The van der Waals surface area contributed by atoms with Crippen LogP contribution in [0.3, 0.4) is 0 Å². The molecule has 0 bridgehead atoms. The molecule has 2 amide bonds. The number of hydrogen-bond acceptors (Lipinski definition) is 3. The minimum atomic E-state index is -0.237. The molecule has 1 aromatic carbocycles. The van der Waals surface area contributed by atoms with Gasteiger partial charge in [0.1, 0.15) is 0 Å². The molecule has 0 aliphatic heterocycles. The van der Waals surface area contributed by atoms with Gasteiger partial charge in [0.25, 0.3) is 0 Å². The molecule has 1 saturated carbocycles. The number of carbonyl (C=O) groups is 2. The van der Waals surface area contributed by atoms with Crippen LogP contribution in [0.4, 0.5) is 5.69 Å². The Hall–Kier alpha value is -2.69. The number of nitrogens with zero attached hydrogens (tertiary/aromatic N) is 1. The van der Waals surface area contributed by atoms with Crippen LogP contribution in [0, 0.1) is 11.8 Å². The van der Waals surface area contributed by atoms with Gasteiger partial charge in [0.15, 0.2) is 0 Å². The van der Waals surface area contributed by atoms with Gasteiger partial charge in [-0.2, -0.15) is 0 Å². The molecular formula is C20H23N3O2. The summed E-state index contributed by atoms with van der Waals surface area (Å²) in [5, 5.41) is 5.77. The maximum absolute atomic E-state index is 12.3. The van der Waals surface area contributed by atoms with E-state index < -0.39 is 0 Å². The van der Waals surface area contributed by atoms with Gasteiger partial charge in [-0.25, -0.2) is 0 Å². The molecule has 25 heavy (non-hydrogen) atoms. The van der Waals surface area contributed by atoms with E-state index in [1.165, 1.54) is 5.56 Å². The van der Waals surface area contributed by atoms with E-state index in [1.807, 2.05) is 36.4 Å². The van der Waals surface area contributed by atoms with Crippen molar-refractivity contribution in [2.75, 3.05) is 5.32 Å². The lowest BCUT2D eigenvalue weighted by atomic mass is 10.0. The highest BCUT2D eigenvalue weighted by Crippen LogP contribution is 2.39. The van der Waals surface area contributed by atoms with Gasteiger partial charge in [-0.3, -0.25) is 14.6 Å². The lowest BCUT2D eigenvalue weighted by Gasteiger charge is -2.08. The van der Waals surface area contributed by atoms with E-state index in [1.54, 1.807) is 12.4 Å². The van der Waals surface area contributed by atoms with E-state index in [-0.39, 0.29) is 23.7 Å². The summed E-state index contributed by atoms with van der Waals surface area (Å²) in [6.07, 6.45) is 4.02. The normalized spacial score (nSPS) is 18.7. The molecule has 2 atom stereocenters. The number of amides is 2. The van der Waals surface area contributed by atoms with Crippen LogP contribution in [0.2, 0.25) is 0 Å². The Kier molecular flexibility index (Phi) is 5.12. The predicted octanol–water partition coefficient (Wildman–Crippen LogP) is 3.10. The minimum Gasteiger partial charge on any atom is -0.352 e. The first-order valence-corrected chi connectivity index (χ1v) is 8.62. The maximum atomic E-state index is 12.3. The summed E-state index contributed by atoms with van der Waals surface area (Å²) < 4.78 is 0. The monoisotopic (exact) mass is 337 g/mol. The van der Waals surface area contributed by atoms with Crippen LogP contribution < -0.4 is 10.6 Å². The van der Waals surface area contributed by atoms with Crippen LogP contribution in [0.25, 0.3) is 0 Å². The molecule has 0 spiro atoms. The van der Waals surface area contributed by atoms with E-state index in [0.717, 1.165) is 11.3 Å². The average Bonchev–Trinajstić information content (AvgIpc) is 3.42. The molecule has 1 aromatic heterocycles. The topological polar surface area (TPSA) is 71.1 Å². The van der Waals surface area contributed by atoms with Crippen molar-refractivity contribution in [1.29, 1.82) is 0 Å². The fourth-order valence-corrected chi connectivity index (χ4v) is 2.78. The molecule has 1 aliphatic rings. The van der Waals surface area contributed by atoms with Crippen LogP contribution in [0.5, 0.6) is 0 Å². The molecule has 3 rings (SSSR count). The maximum Gasteiger partial charge on any atom is 0.228 e. The molecule has 2 N–H and O–H groups in total. The van der Waals surface area contributed by atoms with Crippen molar-refractivity contribution in [3.05, 3.63) is 59.9 Å². The number of benzene rings is 1. The zero-order chi connectivity index (χ0) is 17.8. The SMILES string of the molecule is CC(C)c1ccc(NC(=O)C2CC2C(=O)NCc2cccnc2)cc1. The Labute approximate surface area is 147 Å². The summed E-state index contributed by atoms with van der Waals surface area (Å²) in [4.78, 5) is 28.5. The fourth-order valence-electron chi connectivity index (χ4n) is 2.78. The molecule has 2 unspecified atom stereocenters. The Morgan fingerprint density at radius 2 is 1.84 bits per heavy atom. The Balaban J connectivity index is 1.47. The molecule has 1 aliphatic carbocycles. The van der Waals surface area contributed by atoms with Crippen molar-refractivity contribution in [2.24, 2.45) is 11.8 Å². The van der Waals surface area contributed by atoms with Gasteiger partial charge in [-0.15, -0.1) is 0 Å². The summed E-state index contributed by atoms with van der Waals surface area (Å²) in [7, 11) is 0. The number of anilines is 1. The van der Waals surface area contributed by atoms with Crippen LogP contribution in [0.1, 0.15) is 37.3 Å². The van der Waals surface area contributed by atoms with Crippen molar-refractivity contribution in [2.45, 2.75) is 32.7 Å². The smallest absolute Gasteiger partial charge is 0.228 e. The summed E-state index contributed by atoms with van der Waals surface area (Å²) >= 11 is 0. The van der Waals surface area contributed by atoms with Gasteiger partial charge in [-0.1, -0.05) is 32.0 Å². The third-order valence-corrected chi connectivity index (χ3v) is 4.50. The lowest BCUT2D eigenvalue weighted by molar-refractivity contribution is -0.125. The molecular weight excluding hydrogens is 314 g/mol. The van der Waals surface area contributed by atoms with E-state index in [0.29, 0.717) is 18.9 Å². The average molecular weight is 337 g/mol. The van der Waals surface area contributed by atoms with Crippen molar-refractivity contribution in [1.82, 2.24) is 10.3 Å². The molecule has 0 saturated heterocycles. The van der Waals surface area contributed by atoms with E-state index >= 15 is 0 Å². The highest BCUT2D eigenvalue weighted by molar-refractivity contribution is 5.99. The van der Waals surface area contributed by atoms with Crippen LogP contribution in [-0.2, 0) is 16.1 Å². The molecule has 5 heteroatoms. The third-order valence-electron chi connectivity index (χ3n) is 4.50. The molecule has 130 valence electrons. The Bertz CT molecular complexity index is 741. The molecule has 1 heterocycles. The first-order valence-electron chi connectivity index (χ1n) is 8.62. The quantitative estimate of drug-likeness (QED) is 0.851. The summed E-state index contributed by atoms with van der Waals surface area (Å²) in [5.41, 5.74) is 2.95.